The van der Waals surface area contributed by atoms with E-state index in [2.05, 4.69) is 5.32 Å². The van der Waals surface area contributed by atoms with E-state index in [0.717, 1.165) is 4.90 Å². The number of alkyl carbamates (subject to hydrolysis) is 1. The van der Waals surface area contributed by atoms with Crippen LogP contribution in [-0.4, -0.2) is 80.8 Å². The van der Waals surface area contributed by atoms with Gasteiger partial charge in [0.25, 0.3) is 5.91 Å². The van der Waals surface area contributed by atoms with Crippen LogP contribution >= 0.6 is 11.8 Å². The summed E-state index contributed by atoms with van der Waals surface area (Å²) in [6.45, 7) is 3.55. The average molecular weight is 491 g/mol. The molecule has 13 heteroatoms. The fourth-order valence-electron chi connectivity index (χ4n) is 3.77. The number of carbonyl (C=O) groups is 4. The number of fused-ring (bicyclic) bond motifs is 1. The Bertz CT molecular complexity index is 940. The van der Waals surface area contributed by atoms with Crippen molar-refractivity contribution in [3.8, 4) is 0 Å². The van der Waals surface area contributed by atoms with Gasteiger partial charge < -0.3 is 20.1 Å². The third-order valence-corrected chi connectivity index (χ3v) is 6.33. The Balaban J connectivity index is 1.81. The molecular weight excluding hydrogens is 467 g/mol. The molecule has 0 aromatic heterocycles. The van der Waals surface area contributed by atoms with Crippen LogP contribution < -0.4 is 5.32 Å². The highest BCUT2D eigenvalue weighted by Gasteiger charge is 2.54. The SMILES string of the molecule is CC(C)(C)OC(=O)N[C@@H]1C(=O)N2C(C(=O)O)=C(/C=C3\CCCN(CC(F)(F)F)C3=O)CS[C@H]12. The number of piperidine rings is 1. The zero-order chi connectivity index (χ0) is 24.7. The summed E-state index contributed by atoms with van der Waals surface area (Å²) in [6.07, 6.45) is -3.57. The number of halogens is 3. The van der Waals surface area contributed by atoms with E-state index in [4.69, 9.17) is 4.74 Å². The zero-order valence-corrected chi connectivity index (χ0v) is 19.0. The lowest BCUT2D eigenvalue weighted by molar-refractivity contribution is -0.160. The maximum absolute atomic E-state index is 12.7. The van der Waals surface area contributed by atoms with Gasteiger partial charge in [0.2, 0.25) is 5.91 Å². The molecule has 3 aliphatic heterocycles. The topological polar surface area (TPSA) is 116 Å². The van der Waals surface area contributed by atoms with Crippen molar-refractivity contribution in [2.45, 2.75) is 56.8 Å². The van der Waals surface area contributed by atoms with Crippen molar-refractivity contribution in [2.75, 3.05) is 18.8 Å². The van der Waals surface area contributed by atoms with Crippen molar-refractivity contribution >= 4 is 35.6 Å². The number of amides is 3. The van der Waals surface area contributed by atoms with E-state index in [1.54, 1.807) is 20.8 Å². The highest BCUT2D eigenvalue weighted by molar-refractivity contribution is 8.00. The van der Waals surface area contributed by atoms with Gasteiger partial charge in [0.15, 0.2) is 0 Å². The molecule has 3 amide bonds. The molecule has 0 aromatic carbocycles. The number of thioether (sulfide) groups is 1. The fourth-order valence-corrected chi connectivity index (χ4v) is 5.08. The molecule has 3 heterocycles. The number of carboxylic acids is 1. The number of hydrogen-bond acceptors (Lipinski definition) is 6. The van der Waals surface area contributed by atoms with Gasteiger partial charge in [0.05, 0.1) is 0 Å². The second kappa shape index (κ2) is 8.92. The van der Waals surface area contributed by atoms with Gasteiger partial charge in [0, 0.05) is 17.9 Å². The van der Waals surface area contributed by atoms with E-state index in [9.17, 15) is 37.5 Å². The van der Waals surface area contributed by atoms with Crippen LogP contribution in [0, 0.1) is 0 Å². The highest BCUT2D eigenvalue weighted by atomic mass is 32.2. The van der Waals surface area contributed by atoms with E-state index in [0.29, 0.717) is 11.3 Å². The molecule has 2 saturated heterocycles. The van der Waals surface area contributed by atoms with E-state index in [1.807, 2.05) is 0 Å². The first-order valence-electron chi connectivity index (χ1n) is 10.1. The van der Waals surface area contributed by atoms with Crippen molar-refractivity contribution in [2.24, 2.45) is 0 Å². The minimum absolute atomic E-state index is 0.0417. The normalized spacial score (nSPS) is 25.1. The Kier molecular flexibility index (Phi) is 6.74. The van der Waals surface area contributed by atoms with Crippen molar-refractivity contribution < 1.29 is 42.2 Å². The molecule has 2 atom stereocenters. The van der Waals surface area contributed by atoms with Crippen LogP contribution in [0.1, 0.15) is 33.6 Å². The molecule has 0 bridgehead atoms. The molecule has 0 aliphatic carbocycles. The molecule has 0 unspecified atom stereocenters. The summed E-state index contributed by atoms with van der Waals surface area (Å²) >= 11 is 1.18. The van der Waals surface area contributed by atoms with Gasteiger partial charge in [-0.3, -0.25) is 14.5 Å². The lowest BCUT2D eigenvalue weighted by atomic mass is 9.98. The smallest absolute Gasteiger partial charge is 0.408 e. The molecule has 2 fully saturated rings. The Morgan fingerprint density at radius 1 is 1.27 bits per heavy atom. The number of aliphatic carboxylic acids is 1. The number of nitrogens with one attached hydrogen (secondary N) is 1. The minimum atomic E-state index is -4.54. The van der Waals surface area contributed by atoms with Crippen LogP contribution in [0.15, 0.2) is 22.9 Å². The predicted molar refractivity (Wildman–Crippen MR) is 111 cm³/mol. The maximum atomic E-state index is 12.7. The number of nitrogens with zero attached hydrogens (tertiary/aromatic N) is 2. The Hall–Kier alpha value is -2.70. The lowest BCUT2D eigenvalue weighted by Gasteiger charge is -2.49. The average Bonchev–Trinajstić information content (AvgIpc) is 2.66. The highest BCUT2D eigenvalue weighted by Crippen LogP contribution is 2.41. The minimum Gasteiger partial charge on any atom is -0.477 e. The number of hydrogen-bond donors (Lipinski definition) is 2. The summed E-state index contributed by atoms with van der Waals surface area (Å²) in [7, 11) is 0. The Labute approximate surface area is 192 Å². The number of β-lactam (4-membered cyclic amide) rings is 1. The van der Waals surface area contributed by atoms with Crippen molar-refractivity contribution in [3.63, 3.8) is 0 Å². The molecule has 0 saturated carbocycles. The quantitative estimate of drug-likeness (QED) is 0.458. The number of ether oxygens (including phenoxy) is 1. The molecule has 3 rings (SSSR count). The van der Waals surface area contributed by atoms with Gasteiger partial charge in [-0.05, 0) is 45.3 Å². The Morgan fingerprint density at radius 3 is 2.52 bits per heavy atom. The summed E-state index contributed by atoms with van der Waals surface area (Å²) < 4.78 is 43.4. The molecule has 2 N–H and O–H groups in total. The second-order valence-corrected chi connectivity index (χ2v) is 9.93. The largest absolute Gasteiger partial charge is 0.477 e. The van der Waals surface area contributed by atoms with E-state index >= 15 is 0 Å². The van der Waals surface area contributed by atoms with Gasteiger partial charge in [-0.2, -0.15) is 13.2 Å². The van der Waals surface area contributed by atoms with Crippen molar-refractivity contribution in [1.82, 2.24) is 15.1 Å². The molecule has 0 aromatic rings. The molecule has 0 radical (unpaired) electrons. The third kappa shape index (κ3) is 5.63. The van der Waals surface area contributed by atoms with Crippen LogP contribution in [0.25, 0.3) is 0 Å². The predicted octanol–water partition coefficient (Wildman–Crippen LogP) is 2.24. The Morgan fingerprint density at radius 2 is 1.94 bits per heavy atom. The van der Waals surface area contributed by atoms with Crippen molar-refractivity contribution in [3.05, 3.63) is 22.9 Å². The number of carbonyl (C=O) groups excluding carboxylic acids is 3. The standard InChI is InChI=1S/C20H24F3N3O6S/c1-19(2,3)32-18(31)24-12-15(28)26-13(17(29)30)11(8-33-16(12)26)7-10-5-4-6-25(14(10)27)9-20(21,22)23/h7,12,16H,4-6,8-9H2,1-3H3,(H,24,31)(H,29,30)/b10-7+/t12-,16-/m1/s1. The summed E-state index contributed by atoms with van der Waals surface area (Å²) in [5.74, 6) is -2.77. The van der Waals surface area contributed by atoms with Crippen LogP contribution in [0.5, 0.6) is 0 Å². The zero-order valence-electron chi connectivity index (χ0n) is 18.2. The van der Waals surface area contributed by atoms with E-state index in [-0.39, 0.29) is 35.6 Å². The molecule has 0 spiro atoms. The van der Waals surface area contributed by atoms with Gasteiger partial charge in [0.1, 0.15) is 29.3 Å². The van der Waals surface area contributed by atoms with Gasteiger partial charge in [-0.15, -0.1) is 11.8 Å². The summed E-state index contributed by atoms with van der Waals surface area (Å²) in [5.41, 5.74) is -0.909. The van der Waals surface area contributed by atoms with Crippen molar-refractivity contribution in [1.29, 1.82) is 0 Å². The fraction of sp³-hybridized carbons (Fsp3) is 0.600. The molecule has 3 aliphatic rings. The first kappa shape index (κ1) is 24.9. The maximum Gasteiger partial charge on any atom is 0.408 e. The molecule has 33 heavy (non-hydrogen) atoms. The van der Waals surface area contributed by atoms with E-state index in [1.165, 1.54) is 17.8 Å². The van der Waals surface area contributed by atoms with Crippen LogP contribution in [0.3, 0.4) is 0 Å². The lowest BCUT2D eigenvalue weighted by Crippen LogP contribution is -2.70. The number of carboxylic acid groups (broad SMARTS) is 1. The monoisotopic (exact) mass is 491 g/mol. The molecule has 9 nitrogen and oxygen atoms in total. The second-order valence-electron chi connectivity index (χ2n) is 8.83. The van der Waals surface area contributed by atoms with Crippen LogP contribution in [0.2, 0.25) is 0 Å². The van der Waals surface area contributed by atoms with Gasteiger partial charge in [-0.25, -0.2) is 9.59 Å². The summed E-state index contributed by atoms with van der Waals surface area (Å²) in [6, 6.07) is -0.980. The first-order chi connectivity index (χ1) is 15.2. The summed E-state index contributed by atoms with van der Waals surface area (Å²) in [5, 5.41) is 11.5. The number of rotatable bonds is 4. The number of allylic oxidation sites excluding steroid dienone is 1. The first-order valence-corrected chi connectivity index (χ1v) is 11.2. The van der Waals surface area contributed by atoms with Crippen LogP contribution in [-0.2, 0) is 19.1 Å². The number of likely N-dealkylation sites (tertiary alicyclic amines) is 1. The van der Waals surface area contributed by atoms with E-state index < -0.39 is 53.6 Å². The van der Waals surface area contributed by atoms with Gasteiger partial charge >= 0.3 is 18.2 Å². The third-order valence-electron chi connectivity index (χ3n) is 5.03. The summed E-state index contributed by atoms with van der Waals surface area (Å²) in [4.78, 5) is 50.8. The number of alkyl halides is 3. The van der Waals surface area contributed by atoms with Gasteiger partial charge in [-0.1, -0.05) is 0 Å². The van der Waals surface area contributed by atoms with Crippen LogP contribution in [0.4, 0.5) is 18.0 Å². The molecule has 182 valence electrons. The molecular formula is C20H24F3N3O6S.